The number of anilines is 1. The van der Waals surface area contributed by atoms with Gasteiger partial charge in [-0.25, -0.2) is 4.79 Å². The van der Waals surface area contributed by atoms with Crippen LogP contribution in [0.1, 0.15) is 24.2 Å². The Labute approximate surface area is 168 Å². The van der Waals surface area contributed by atoms with Gasteiger partial charge in [-0.2, -0.15) is 0 Å². The fourth-order valence-corrected chi connectivity index (χ4v) is 4.65. The average molecular weight is 423 g/mol. The molecule has 3 heterocycles. The molecule has 0 radical (unpaired) electrons. The summed E-state index contributed by atoms with van der Waals surface area (Å²) in [4.78, 5) is 25.3. The van der Waals surface area contributed by atoms with Crippen LogP contribution in [0.2, 0.25) is 0 Å². The molecule has 0 aliphatic carbocycles. The minimum absolute atomic E-state index is 0.169. The monoisotopic (exact) mass is 422 g/mol. The number of carbonyl (C=O) groups excluding carboxylic acids is 2. The summed E-state index contributed by atoms with van der Waals surface area (Å²) in [6.45, 7) is 4.76. The molecule has 1 N–H and O–H groups in total. The van der Waals surface area contributed by atoms with Gasteiger partial charge < -0.3 is 14.6 Å². The molecule has 3 rings (SSSR count). The van der Waals surface area contributed by atoms with E-state index in [-0.39, 0.29) is 18.3 Å². The molecule has 0 spiro atoms. The molecule has 27 heavy (non-hydrogen) atoms. The van der Waals surface area contributed by atoms with Gasteiger partial charge in [-0.3, -0.25) is 4.79 Å². The van der Waals surface area contributed by atoms with Crippen molar-refractivity contribution in [3.8, 4) is 10.7 Å². The van der Waals surface area contributed by atoms with Gasteiger partial charge in [0.1, 0.15) is 5.00 Å². The van der Waals surface area contributed by atoms with E-state index in [1.54, 1.807) is 29.7 Å². The highest BCUT2D eigenvalue weighted by Gasteiger charge is 2.18. The lowest BCUT2D eigenvalue weighted by Gasteiger charge is -2.07. The van der Waals surface area contributed by atoms with Crippen molar-refractivity contribution >= 4 is 51.3 Å². The highest BCUT2D eigenvalue weighted by atomic mass is 32.2. The molecule has 0 aliphatic rings. The van der Waals surface area contributed by atoms with Crippen molar-refractivity contribution in [1.82, 2.24) is 14.8 Å². The van der Waals surface area contributed by atoms with Gasteiger partial charge in [0.25, 0.3) is 0 Å². The van der Waals surface area contributed by atoms with E-state index in [0.29, 0.717) is 22.3 Å². The molecule has 0 aliphatic heterocycles. The van der Waals surface area contributed by atoms with Crippen LogP contribution >= 0.6 is 34.4 Å². The van der Waals surface area contributed by atoms with Gasteiger partial charge in [-0.05, 0) is 36.7 Å². The number of rotatable bonds is 8. The highest BCUT2D eigenvalue weighted by molar-refractivity contribution is 7.99. The summed E-state index contributed by atoms with van der Waals surface area (Å²) >= 11 is 4.20. The quantitative estimate of drug-likeness (QED) is 0.436. The second kappa shape index (κ2) is 9.16. The first-order chi connectivity index (χ1) is 13.1. The predicted molar refractivity (Wildman–Crippen MR) is 109 cm³/mol. The Morgan fingerprint density at radius 1 is 1.22 bits per heavy atom. The number of thiophene rings is 2. The third-order valence-electron chi connectivity index (χ3n) is 3.52. The van der Waals surface area contributed by atoms with Crippen LogP contribution in [0.15, 0.2) is 34.1 Å². The number of carbonyl (C=O) groups is 2. The van der Waals surface area contributed by atoms with Gasteiger partial charge in [-0.15, -0.1) is 32.9 Å². The molecule has 3 aromatic rings. The first kappa shape index (κ1) is 19.6. The molecule has 10 heteroatoms. The average Bonchev–Trinajstić information content (AvgIpc) is 3.39. The van der Waals surface area contributed by atoms with E-state index in [1.165, 1.54) is 23.1 Å². The van der Waals surface area contributed by atoms with Gasteiger partial charge in [0, 0.05) is 6.54 Å². The van der Waals surface area contributed by atoms with E-state index in [0.717, 1.165) is 10.7 Å². The topological polar surface area (TPSA) is 86.1 Å². The van der Waals surface area contributed by atoms with Crippen LogP contribution in [0.4, 0.5) is 5.00 Å². The minimum Gasteiger partial charge on any atom is -0.462 e. The Bertz CT molecular complexity index is 918. The van der Waals surface area contributed by atoms with E-state index >= 15 is 0 Å². The van der Waals surface area contributed by atoms with Crippen molar-refractivity contribution in [2.45, 2.75) is 25.5 Å². The van der Waals surface area contributed by atoms with Crippen LogP contribution in [0.25, 0.3) is 10.7 Å². The molecule has 0 atom stereocenters. The number of ether oxygens (including phenoxy) is 1. The lowest BCUT2D eigenvalue weighted by molar-refractivity contribution is -0.113. The second-order valence-electron chi connectivity index (χ2n) is 5.25. The third-order valence-corrected chi connectivity index (χ3v) is 6.18. The number of nitrogens with one attached hydrogen (secondary N) is 1. The zero-order chi connectivity index (χ0) is 19.2. The molecule has 0 bridgehead atoms. The molecular formula is C17H18N4O3S3. The number of hydrogen-bond acceptors (Lipinski definition) is 8. The molecule has 0 fully saturated rings. The molecule has 3 aromatic heterocycles. The fourth-order valence-electron chi connectivity index (χ4n) is 2.34. The number of aromatic nitrogens is 3. The molecular weight excluding hydrogens is 404 g/mol. The first-order valence-corrected chi connectivity index (χ1v) is 11.0. The third kappa shape index (κ3) is 4.57. The lowest BCUT2D eigenvalue weighted by Crippen LogP contribution is -2.16. The van der Waals surface area contributed by atoms with Crippen molar-refractivity contribution in [3.05, 3.63) is 34.5 Å². The van der Waals surface area contributed by atoms with E-state index in [9.17, 15) is 9.59 Å². The Kier molecular flexibility index (Phi) is 6.64. The van der Waals surface area contributed by atoms with Gasteiger partial charge in [0.15, 0.2) is 11.0 Å². The summed E-state index contributed by atoms with van der Waals surface area (Å²) < 4.78 is 6.98. The zero-order valence-electron chi connectivity index (χ0n) is 14.8. The van der Waals surface area contributed by atoms with E-state index in [1.807, 2.05) is 29.0 Å². The smallest absolute Gasteiger partial charge is 0.341 e. The van der Waals surface area contributed by atoms with Gasteiger partial charge >= 0.3 is 5.97 Å². The molecule has 0 saturated heterocycles. The van der Waals surface area contributed by atoms with Gasteiger partial charge in [0.05, 0.1) is 22.8 Å². The van der Waals surface area contributed by atoms with Crippen LogP contribution in [0.5, 0.6) is 0 Å². The summed E-state index contributed by atoms with van der Waals surface area (Å²) in [6, 6.07) is 5.61. The summed E-state index contributed by atoms with van der Waals surface area (Å²) in [5, 5.41) is 16.2. The maximum absolute atomic E-state index is 12.3. The van der Waals surface area contributed by atoms with E-state index in [2.05, 4.69) is 15.5 Å². The molecule has 0 saturated carbocycles. The van der Waals surface area contributed by atoms with Crippen molar-refractivity contribution in [2.75, 3.05) is 17.7 Å². The predicted octanol–water partition coefficient (Wildman–Crippen LogP) is 4.00. The maximum Gasteiger partial charge on any atom is 0.341 e. The summed E-state index contributed by atoms with van der Waals surface area (Å²) in [5.74, 6) is 0.325. The second-order valence-corrected chi connectivity index (χ2v) is 8.05. The number of thioether (sulfide) groups is 1. The molecule has 1 amide bonds. The number of amides is 1. The summed E-state index contributed by atoms with van der Waals surface area (Å²) in [5.41, 5.74) is 0.372. The Hall–Kier alpha value is -2.17. The summed E-state index contributed by atoms with van der Waals surface area (Å²) in [7, 11) is 0. The van der Waals surface area contributed by atoms with E-state index < -0.39 is 5.97 Å². The van der Waals surface area contributed by atoms with Crippen LogP contribution in [0.3, 0.4) is 0 Å². The normalized spacial score (nSPS) is 10.7. The Balaban J connectivity index is 1.64. The minimum atomic E-state index is -0.437. The fraction of sp³-hybridized carbons (Fsp3) is 0.294. The van der Waals surface area contributed by atoms with Crippen LogP contribution < -0.4 is 5.32 Å². The van der Waals surface area contributed by atoms with Crippen molar-refractivity contribution in [3.63, 3.8) is 0 Å². The van der Waals surface area contributed by atoms with Crippen LogP contribution in [0, 0.1) is 0 Å². The largest absolute Gasteiger partial charge is 0.462 e. The highest BCUT2D eigenvalue weighted by Crippen LogP contribution is 2.28. The van der Waals surface area contributed by atoms with Crippen LogP contribution in [-0.2, 0) is 16.1 Å². The SMILES string of the molecule is CCOC(=O)c1ccsc1NC(=O)CSc1nnc(-c2cccs2)n1CC. The number of nitrogens with zero attached hydrogens (tertiary/aromatic N) is 3. The zero-order valence-corrected chi connectivity index (χ0v) is 17.2. The van der Waals surface area contributed by atoms with Gasteiger partial charge in [0.2, 0.25) is 5.91 Å². The van der Waals surface area contributed by atoms with Crippen molar-refractivity contribution in [2.24, 2.45) is 0 Å². The lowest BCUT2D eigenvalue weighted by atomic mass is 10.3. The molecule has 142 valence electrons. The Morgan fingerprint density at radius 2 is 2.07 bits per heavy atom. The molecule has 7 nitrogen and oxygen atoms in total. The van der Waals surface area contributed by atoms with Crippen molar-refractivity contribution in [1.29, 1.82) is 0 Å². The standard InChI is InChI=1S/C17H18N4O3S3/c1-3-21-14(12-6-5-8-25-12)19-20-17(21)27-10-13(22)18-15-11(7-9-26-15)16(23)24-4-2/h5-9H,3-4,10H2,1-2H3,(H,18,22). The number of esters is 1. The van der Waals surface area contributed by atoms with E-state index in [4.69, 9.17) is 4.74 Å². The van der Waals surface area contributed by atoms with Crippen LogP contribution in [-0.4, -0.2) is 39.0 Å². The molecule has 0 unspecified atom stereocenters. The Morgan fingerprint density at radius 3 is 2.78 bits per heavy atom. The number of hydrogen-bond donors (Lipinski definition) is 1. The molecule has 0 aromatic carbocycles. The first-order valence-electron chi connectivity index (χ1n) is 8.28. The maximum atomic E-state index is 12.3. The summed E-state index contributed by atoms with van der Waals surface area (Å²) in [6.07, 6.45) is 0. The van der Waals surface area contributed by atoms with Gasteiger partial charge in [-0.1, -0.05) is 17.8 Å². The van der Waals surface area contributed by atoms with Crippen molar-refractivity contribution < 1.29 is 14.3 Å².